The number of hydrogen-bond acceptors (Lipinski definition) is 2. The van der Waals surface area contributed by atoms with Crippen LogP contribution in [0.15, 0.2) is 192 Å². The molecule has 2 nitrogen and oxygen atoms in total. The molecule has 0 fully saturated rings. The van der Waals surface area contributed by atoms with Crippen molar-refractivity contribution in [2.75, 3.05) is 4.90 Å². The van der Waals surface area contributed by atoms with Crippen LogP contribution < -0.4 is 4.90 Å². The van der Waals surface area contributed by atoms with E-state index in [2.05, 4.69) is 193 Å². The lowest BCUT2D eigenvalue weighted by atomic mass is 9.99. The Morgan fingerprint density at radius 1 is 0.292 bits per heavy atom. The summed E-state index contributed by atoms with van der Waals surface area (Å²) in [6.45, 7) is 0. The smallest absolute Gasteiger partial charge is 0.136 e. The molecule has 0 aliphatic carbocycles. The van der Waals surface area contributed by atoms with E-state index in [0.717, 1.165) is 50.1 Å². The van der Waals surface area contributed by atoms with Gasteiger partial charge in [0.2, 0.25) is 0 Å². The lowest BCUT2D eigenvalue weighted by Crippen LogP contribution is -2.09. The quantitative estimate of drug-likeness (QED) is 0.185. The summed E-state index contributed by atoms with van der Waals surface area (Å²) in [5.74, 6) is 0. The van der Waals surface area contributed by atoms with Crippen LogP contribution in [0.25, 0.3) is 66.1 Å². The Morgan fingerprint density at radius 2 is 0.750 bits per heavy atom. The minimum absolute atomic E-state index is 0.905. The molecule has 1 aromatic heterocycles. The minimum atomic E-state index is 0.905. The molecule has 0 bridgehead atoms. The fourth-order valence-corrected chi connectivity index (χ4v) is 6.78. The number of rotatable bonds is 6. The van der Waals surface area contributed by atoms with E-state index < -0.39 is 0 Å². The van der Waals surface area contributed by atoms with Crippen LogP contribution in [0.4, 0.5) is 17.1 Å². The second-order valence-electron chi connectivity index (χ2n) is 12.2. The molecule has 0 saturated carbocycles. The highest BCUT2D eigenvalue weighted by Gasteiger charge is 2.14. The molecule has 0 radical (unpaired) electrons. The molecule has 0 unspecified atom stereocenters. The first-order valence-electron chi connectivity index (χ1n) is 16.3. The van der Waals surface area contributed by atoms with Crippen LogP contribution in [-0.2, 0) is 0 Å². The SMILES string of the molecule is c1ccc(-c2cccc(-c3ccc(N(c4ccccc4)c4ccc(-c5ccc6c(c5)oc5cc7ccccc7cc56)cc4)cc3)c2)cc1. The van der Waals surface area contributed by atoms with E-state index in [1.54, 1.807) is 0 Å². The van der Waals surface area contributed by atoms with Gasteiger partial charge < -0.3 is 9.32 Å². The van der Waals surface area contributed by atoms with Crippen LogP contribution >= 0.6 is 0 Å². The van der Waals surface area contributed by atoms with Crippen molar-refractivity contribution >= 4 is 49.8 Å². The van der Waals surface area contributed by atoms with Crippen LogP contribution in [0.2, 0.25) is 0 Å². The van der Waals surface area contributed by atoms with Crippen molar-refractivity contribution < 1.29 is 4.42 Å². The van der Waals surface area contributed by atoms with Crippen LogP contribution in [0.5, 0.6) is 0 Å². The van der Waals surface area contributed by atoms with Gasteiger partial charge in [0.15, 0.2) is 0 Å². The normalized spacial score (nSPS) is 11.3. The Bertz CT molecular complexity index is 2530. The molecule has 0 spiro atoms. The number of anilines is 3. The van der Waals surface area contributed by atoms with E-state index in [0.29, 0.717) is 0 Å². The third kappa shape index (κ3) is 5.10. The van der Waals surface area contributed by atoms with Crippen LogP contribution in [0.1, 0.15) is 0 Å². The zero-order valence-corrected chi connectivity index (χ0v) is 26.3. The van der Waals surface area contributed by atoms with Gasteiger partial charge in [0.05, 0.1) is 0 Å². The first-order valence-corrected chi connectivity index (χ1v) is 16.3. The molecule has 0 atom stereocenters. The Labute approximate surface area is 279 Å². The van der Waals surface area contributed by atoms with E-state index >= 15 is 0 Å². The third-order valence-electron chi connectivity index (χ3n) is 9.24. The Hall–Kier alpha value is -6.38. The van der Waals surface area contributed by atoms with E-state index in [9.17, 15) is 0 Å². The van der Waals surface area contributed by atoms with Gasteiger partial charge in [-0.05, 0) is 111 Å². The van der Waals surface area contributed by atoms with Crippen molar-refractivity contribution in [3.8, 4) is 33.4 Å². The maximum atomic E-state index is 6.36. The van der Waals surface area contributed by atoms with Gasteiger partial charge in [-0.1, -0.05) is 121 Å². The van der Waals surface area contributed by atoms with Crippen molar-refractivity contribution in [3.05, 3.63) is 188 Å². The summed E-state index contributed by atoms with van der Waals surface area (Å²) in [4.78, 5) is 2.31. The molecule has 0 aliphatic heterocycles. The zero-order valence-electron chi connectivity index (χ0n) is 26.3. The standard InChI is InChI=1S/C46H31NO/c1-3-10-32(11-4-1)35-14-9-15-36(28-35)33-18-23-41(24-19-33)47(40-16-5-2-6-17-40)42-25-20-34(21-26-42)39-22-27-43-44-29-37-12-7-8-13-38(37)30-46(44)48-45(43)31-39/h1-31H. The minimum Gasteiger partial charge on any atom is -0.456 e. The number of furan rings is 1. The molecular formula is C46H31NO. The van der Waals surface area contributed by atoms with Crippen molar-refractivity contribution in [2.45, 2.75) is 0 Å². The molecule has 0 amide bonds. The second kappa shape index (κ2) is 11.8. The van der Waals surface area contributed by atoms with Gasteiger partial charge in [-0.2, -0.15) is 0 Å². The van der Waals surface area contributed by atoms with Gasteiger partial charge in [0.25, 0.3) is 0 Å². The predicted molar refractivity (Wildman–Crippen MR) is 202 cm³/mol. The largest absolute Gasteiger partial charge is 0.456 e. The maximum absolute atomic E-state index is 6.36. The van der Waals surface area contributed by atoms with E-state index in [1.165, 1.54) is 33.0 Å². The monoisotopic (exact) mass is 613 g/mol. The highest BCUT2D eigenvalue weighted by molar-refractivity contribution is 6.10. The fourth-order valence-electron chi connectivity index (χ4n) is 6.78. The van der Waals surface area contributed by atoms with Crippen molar-refractivity contribution in [2.24, 2.45) is 0 Å². The molecule has 1 heterocycles. The first kappa shape index (κ1) is 27.9. The summed E-state index contributed by atoms with van der Waals surface area (Å²) in [6, 6.07) is 66.9. The molecule has 0 saturated heterocycles. The Morgan fingerprint density at radius 3 is 1.40 bits per heavy atom. The van der Waals surface area contributed by atoms with Gasteiger partial charge in [-0.3, -0.25) is 0 Å². The van der Waals surface area contributed by atoms with Gasteiger partial charge in [-0.15, -0.1) is 0 Å². The number of nitrogens with zero attached hydrogens (tertiary/aromatic N) is 1. The number of para-hydroxylation sites is 1. The first-order chi connectivity index (χ1) is 23.8. The van der Waals surface area contributed by atoms with Crippen molar-refractivity contribution in [1.29, 1.82) is 0 Å². The summed E-state index contributed by atoms with van der Waals surface area (Å²) < 4.78 is 6.36. The molecule has 9 rings (SSSR count). The number of hydrogen-bond donors (Lipinski definition) is 0. The summed E-state index contributed by atoms with van der Waals surface area (Å²) in [6.07, 6.45) is 0. The van der Waals surface area contributed by atoms with Gasteiger partial charge in [0, 0.05) is 27.8 Å². The number of benzene rings is 8. The van der Waals surface area contributed by atoms with Crippen molar-refractivity contribution in [3.63, 3.8) is 0 Å². The summed E-state index contributed by atoms with van der Waals surface area (Å²) >= 11 is 0. The van der Waals surface area contributed by atoms with Gasteiger partial charge >= 0.3 is 0 Å². The lowest BCUT2D eigenvalue weighted by molar-refractivity contribution is 0.669. The Balaban J connectivity index is 1.04. The molecule has 48 heavy (non-hydrogen) atoms. The Kier molecular flexibility index (Phi) is 6.84. The van der Waals surface area contributed by atoms with Crippen LogP contribution in [0, 0.1) is 0 Å². The second-order valence-corrected chi connectivity index (χ2v) is 12.2. The molecule has 226 valence electrons. The maximum Gasteiger partial charge on any atom is 0.136 e. The van der Waals surface area contributed by atoms with Gasteiger partial charge in [-0.25, -0.2) is 0 Å². The topological polar surface area (TPSA) is 16.4 Å². The highest BCUT2D eigenvalue weighted by atomic mass is 16.3. The molecule has 0 aliphatic rings. The van der Waals surface area contributed by atoms with Crippen LogP contribution in [0.3, 0.4) is 0 Å². The predicted octanol–water partition coefficient (Wildman–Crippen LogP) is 13.2. The highest BCUT2D eigenvalue weighted by Crippen LogP contribution is 2.38. The lowest BCUT2D eigenvalue weighted by Gasteiger charge is -2.26. The van der Waals surface area contributed by atoms with E-state index in [-0.39, 0.29) is 0 Å². The average Bonchev–Trinajstić information content (AvgIpc) is 3.52. The molecule has 8 aromatic carbocycles. The zero-order chi connectivity index (χ0) is 31.9. The fraction of sp³-hybridized carbons (Fsp3) is 0. The summed E-state index contributed by atoms with van der Waals surface area (Å²) in [7, 11) is 0. The molecule has 2 heteroatoms. The molecular weight excluding hydrogens is 583 g/mol. The van der Waals surface area contributed by atoms with E-state index in [4.69, 9.17) is 4.42 Å². The summed E-state index contributed by atoms with van der Waals surface area (Å²) in [5, 5.41) is 4.71. The average molecular weight is 614 g/mol. The third-order valence-corrected chi connectivity index (χ3v) is 9.24. The number of fused-ring (bicyclic) bond motifs is 4. The van der Waals surface area contributed by atoms with Crippen LogP contribution in [-0.4, -0.2) is 0 Å². The van der Waals surface area contributed by atoms with E-state index in [1.807, 2.05) is 0 Å². The van der Waals surface area contributed by atoms with Crippen molar-refractivity contribution in [1.82, 2.24) is 0 Å². The molecule has 9 aromatic rings. The van der Waals surface area contributed by atoms with Gasteiger partial charge in [0.1, 0.15) is 11.2 Å². The summed E-state index contributed by atoms with van der Waals surface area (Å²) in [5.41, 5.74) is 12.2. The molecule has 0 N–H and O–H groups in total.